The zero-order chi connectivity index (χ0) is 21.7. The lowest BCUT2D eigenvalue weighted by molar-refractivity contribution is -0.0366. The average molecular weight is 449 g/mol. The first-order valence-electron chi connectivity index (χ1n) is 11.1. The maximum Gasteiger partial charge on any atom is 0.258 e. The van der Waals surface area contributed by atoms with E-state index in [9.17, 15) is 4.79 Å². The molecule has 4 aromatic rings. The minimum atomic E-state index is -0.171. The third kappa shape index (κ3) is 3.20. The van der Waals surface area contributed by atoms with Gasteiger partial charge in [0.05, 0.1) is 17.3 Å². The molecule has 2 aliphatic rings. The Kier molecular flexibility index (Phi) is 4.91. The van der Waals surface area contributed by atoms with Crippen LogP contribution in [-0.4, -0.2) is 32.6 Å². The lowest BCUT2D eigenvalue weighted by atomic mass is 9.93. The largest absolute Gasteiger partial charge is 0.469 e. The van der Waals surface area contributed by atoms with Gasteiger partial charge in [-0.15, -0.1) is 0 Å². The summed E-state index contributed by atoms with van der Waals surface area (Å²) < 4.78 is 14.3. The van der Waals surface area contributed by atoms with E-state index in [0.29, 0.717) is 23.0 Å². The number of H-pyrrole nitrogens is 1. The Hall–Kier alpha value is -2.84. The van der Waals surface area contributed by atoms with Crippen molar-refractivity contribution in [1.29, 1.82) is 0 Å². The molecular formula is C24H24N4O3S. The smallest absolute Gasteiger partial charge is 0.258 e. The fourth-order valence-corrected chi connectivity index (χ4v) is 5.28. The number of nitrogens with zero attached hydrogens (tertiary/aromatic N) is 3. The van der Waals surface area contributed by atoms with Crippen molar-refractivity contribution in [3.63, 3.8) is 0 Å². The third-order valence-corrected chi connectivity index (χ3v) is 7.07. The van der Waals surface area contributed by atoms with Gasteiger partial charge < -0.3 is 14.5 Å². The van der Waals surface area contributed by atoms with E-state index in [-0.39, 0.29) is 17.9 Å². The molecule has 1 fully saturated rings. The minimum Gasteiger partial charge on any atom is -0.469 e. The second-order valence-electron chi connectivity index (χ2n) is 8.36. The van der Waals surface area contributed by atoms with E-state index in [1.807, 2.05) is 17.1 Å². The van der Waals surface area contributed by atoms with Gasteiger partial charge in [0.15, 0.2) is 11.4 Å². The second kappa shape index (κ2) is 7.94. The van der Waals surface area contributed by atoms with Crippen molar-refractivity contribution in [3.05, 3.63) is 58.0 Å². The summed E-state index contributed by atoms with van der Waals surface area (Å²) in [7, 11) is 0. The van der Waals surface area contributed by atoms with Crippen molar-refractivity contribution in [2.75, 3.05) is 12.9 Å². The van der Waals surface area contributed by atoms with Crippen molar-refractivity contribution < 1.29 is 9.47 Å². The normalized spacial score (nSPS) is 20.9. The van der Waals surface area contributed by atoms with Gasteiger partial charge in [-0.1, -0.05) is 36.0 Å². The van der Waals surface area contributed by atoms with Gasteiger partial charge in [0.25, 0.3) is 5.56 Å². The van der Waals surface area contributed by atoms with Crippen LogP contribution in [0.3, 0.4) is 0 Å². The van der Waals surface area contributed by atoms with Gasteiger partial charge in [-0.3, -0.25) is 4.79 Å². The van der Waals surface area contributed by atoms with Crippen molar-refractivity contribution >= 4 is 33.4 Å². The first kappa shape index (κ1) is 19.8. The number of aromatic nitrogens is 4. The SMILES string of the molecule is CSc1nc2c(c(=O)[nH]1)CCC(c1cccc3ccc4c(cnn4C4CCCCO4)c13)O2. The molecule has 1 N–H and O–H groups in total. The number of aromatic amines is 1. The van der Waals surface area contributed by atoms with E-state index in [0.717, 1.165) is 59.5 Å². The minimum absolute atomic E-state index is 0.00967. The Bertz CT molecular complexity index is 1370. The molecule has 2 atom stereocenters. The number of thioether (sulfide) groups is 1. The molecule has 0 amide bonds. The molecule has 6 rings (SSSR count). The quantitative estimate of drug-likeness (QED) is 0.359. The molecule has 0 aliphatic carbocycles. The molecule has 1 saturated heterocycles. The van der Waals surface area contributed by atoms with Gasteiger partial charge in [-0.2, -0.15) is 10.1 Å². The van der Waals surface area contributed by atoms with Crippen LogP contribution in [0.15, 0.2) is 46.5 Å². The summed E-state index contributed by atoms with van der Waals surface area (Å²) in [5, 5.41) is 8.69. The standard InChI is InChI=1S/C24H24N4O3S/c1-32-24-26-22(29)16-9-11-19(31-23(16)27-24)15-6-4-5-14-8-10-18-17(21(14)15)13-25-28(18)20-7-2-3-12-30-20/h4-6,8,10,13,19-20H,2-3,7,9,11-12H2,1H3,(H,26,27,29). The first-order valence-corrected chi connectivity index (χ1v) is 12.3. The van der Waals surface area contributed by atoms with Gasteiger partial charge in [-0.25, -0.2) is 4.68 Å². The number of fused-ring (bicyclic) bond motifs is 4. The molecule has 2 aliphatic heterocycles. The summed E-state index contributed by atoms with van der Waals surface area (Å²) in [5.41, 5.74) is 2.71. The van der Waals surface area contributed by atoms with Crippen molar-refractivity contribution in [2.45, 2.75) is 49.6 Å². The fourth-order valence-electron chi connectivity index (χ4n) is 4.91. The van der Waals surface area contributed by atoms with Gasteiger partial charge >= 0.3 is 0 Å². The lowest BCUT2D eigenvalue weighted by Gasteiger charge is -2.26. The van der Waals surface area contributed by atoms with Crippen molar-refractivity contribution in [1.82, 2.24) is 19.7 Å². The van der Waals surface area contributed by atoms with E-state index in [2.05, 4.69) is 40.3 Å². The molecule has 2 aromatic heterocycles. The third-order valence-electron chi connectivity index (χ3n) is 6.49. The maximum absolute atomic E-state index is 12.4. The first-order chi connectivity index (χ1) is 15.7. The molecule has 2 aromatic carbocycles. The number of hydrogen-bond acceptors (Lipinski definition) is 6. The van der Waals surface area contributed by atoms with E-state index in [4.69, 9.17) is 14.6 Å². The molecular weight excluding hydrogens is 424 g/mol. The Morgan fingerprint density at radius 1 is 1.19 bits per heavy atom. The molecule has 7 nitrogen and oxygen atoms in total. The van der Waals surface area contributed by atoms with Crippen LogP contribution in [0.2, 0.25) is 0 Å². The Morgan fingerprint density at radius 2 is 2.12 bits per heavy atom. The van der Waals surface area contributed by atoms with Crippen LogP contribution in [0.4, 0.5) is 0 Å². The zero-order valence-corrected chi connectivity index (χ0v) is 18.7. The molecule has 0 saturated carbocycles. The van der Waals surface area contributed by atoms with Crippen LogP contribution in [0.5, 0.6) is 5.88 Å². The molecule has 8 heteroatoms. The Balaban J connectivity index is 1.46. The van der Waals surface area contributed by atoms with Crippen LogP contribution in [0.25, 0.3) is 21.7 Å². The Labute approximate surface area is 189 Å². The van der Waals surface area contributed by atoms with Crippen LogP contribution in [0, 0.1) is 0 Å². The van der Waals surface area contributed by atoms with Gasteiger partial charge in [-0.05, 0) is 55.2 Å². The Morgan fingerprint density at radius 3 is 2.97 bits per heavy atom. The number of rotatable bonds is 3. The van der Waals surface area contributed by atoms with Gasteiger partial charge in [0, 0.05) is 17.6 Å². The zero-order valence-electron chi connectivity index (χ0n) is 17.8. The van der Waals surface area contributed by atoms with E-state index in [1.165, 1.54) is 11.8 Å². The predicted molar refractivity (Wildman–Crippen MR) is 124 cm³/mol. The molecule has 32 heavy (non-hydrogen) atoms. The van der Waals surface area contributed by atoms with E-state index in [1.54, 1.807) is 0 Å². The van der Waals surface area contributed by atoms with Crippen LogP contribution >= 0.6 is 11.8 Å². The van der Waals surface area contributed by atoms with Crippen LogP contribution in [-0.2, 0) is 11.2 Å². The van der Waals surface area contributed by atoms with Crippen molar-refractivity contribution in [2.24, 2.45) is 0 Å². The topological polar surface area (TPSA) is 82.0 Å². The maximum atomic E-state index is 12.4. The van der Waals surface area contributed by atoms with Gasteiger partial charge in [0.2, 0.25) is 5.88 Å². The van der Waals surface area contributed by atoms with Gasteiger partial charge in [0.1, 0.15) is 6.10 Å². The number of nitrogens with one attached hydrogen (secondary N) is 1. The van der Waals surface area contributed by atoms with E-state index < -0.39 is 0 Å². The highest BCUT2D eigenvalue weighted by Gasteiger charge is 2.28. The summed E-state index contributed by atoms with van der Waals surface area (Å²) in [6.45, 7) is 0.782. The molecule has 164 valence electrons. The number of benzene rings is 2. The summed E-state index contributed by atoms with van der Waals surface area (Å²) in [5.74, 6) is 0.449. The highest BCUT2D eigenvalue weighted by atomic mass is 32.2. The van der Waals surface area contributed by atoms with E-state index >= 15 is 0 Å². The predicted octanol–water partition coefficient (Wildman–Crippen LogP) is 4.76. The van der Waals surface area contributed by atoms with Crippen LogP contribution in [0.1, 0.15) is 49.1 Å². The fraction of sp³-hybridized carbons (Fsp3) is 0.375. The molecule has 0 bridgehead atoms. The molecule has 4 heterocycles. The summed E-state index contributed by atoms with van der Waals surface area (Å²) in [6.07, 6.45) is 8.27. The number of ether oxygens (including phenoxy) is 2. The summed E-state index contributed by atoms with van der Waals surface area (Å²) in [4.78, 5) is 19.8. The molecule has 0 radical (unpaired) electrons. The summed E-state index contributed by atoms with van der Waals surface area (Å²) >= 11 is 1.40. The second-order valence-corrected chi connectivity index (χ2v) is 9.15. The monoisotopic (exact) mass is 448 g/mol. The highest BCUT2D eigenvalue weighted by molar-refractivity contribution is 7.98. The summed E-state index contributed by atoms with van der Waals surface area (Å²) in [6, 6.07) is 10.6. The molecule has 0 spiro atoms. The van der Waals surface area contributed by atoms with Crippen LogP contribution < -0.4 is 10.3 Å². The average Bonchev–Trinajstić information content (AvgIpc) is 3.28. The lowest BCUT2D eigenvalue weighted by Crippen LogP contribution is -2.24. The van der Waals surface area contributed by atoms with Crippen molar-refractivity contribution in [3.8, 4) is 5.88 Å². The number of hydrogen-bond donors (Lipinski definition) is 1. The molecule has 2 unspecified atom stereocenters. The highest BCUT2D eigenvalue weighted by Crippen LogP contribution is 2.39.